The first-order valence-electron chi connectivity index (χ1n) is 21.1. The van der Waals surface area contributed by atoms with Gasteiger partial charge >= 0.3 is 0 Å². The number of piperidine rings is 2. The summed E-state index contributed by atoms with van der Waals surface area (Å²) in [5.74, 6) is 1.24. The van der Waals surface area contributed by atoms with E-state index in [4.69, 9.17) is 10.2 Å². The summed E-state index contributed by atoms with van der Waals surface area (Å²) in [7, 11) is 0. The summed E-state index contributed by atoms with van der Waals surface area (Å²) >= 11 is 0. The van der Waals surface area contributed by atoms with Gasteiger partial charge < -0.3 is 30.2 Å². The molecular formula is C49H43N7O5. The summed E-state index contributed by atoms with van der Waals surface area (Å²) in [5, 5.41) is 4.82. The van der Waals surface area contributed by atoms with Crippen molar-refractivity contribution in [2.45, 2.75) is 68.7 Å². The van der Waals surface area contributed by atoms with E-state index in [-0.39, 0.29) is 60.6 Å². The molecule has 304 valence electrons. The lowest BCUT2D eigenvalue weighted by Crippen LogP contribution is -2.47. The third kappa shape index (κ3) is 6.72. The summed E-state index contributed by atoms with van der Waals surface area (Å²) in [6.45, 7) is 0. The second-order valence-electron chi connectivity index (χ2n) is 17.1. The number of primary amides is 1. The third-order valence-corrected chi connectivity index (χ3v) is 13.2. The van der Waals surface area contributed by atoms with E-state index in [9.17, 15) is 19.2 Å². The van der Waals surface area contributed by atoms with E-state index in [1.165, 1.54) is 0 Å². The number of aromatic nitrogens is 2. The maximum absolute atomic E-state index is 14.5. The van der Waals surface area contributed by atoms with Crippen LogP contribution in [-0.2, 0) is 14.4 Å². The highest BCUT2D eigenvalue weighted by Gasteiger charge is 2.56. The summed E-state index contributed by atoms with van der Waals surface area (Å²) in [6, 6.07) is 32.2. The number of carbonyl (C=O) groups excluding carboxylic acids is 4. The molecule has 3 aliphatic heterocycles. The Kier molecular flexibility index (Phi) is 8.83. The Balaban J connectivity index is 0.757. The topological polar surface area (TPSA) is 155 Å². The molecule has 2 aliphatic carbocycles. The van der Waals surface area contributed by atoms with Crippen molar-refractivity contribution in [1.29, 1.82) is 0 Å². The van der Waals surface area contributed by atoms with Crippen LogP contribution in [0.3, 0.4) is 0 Å². The number of hydrogen-bond acceptors (Lipinski definition) is 8. The van der Waals surface area contributed by atoms with E-state index in [2.05, 4.69) is 15.3 Å². The van der Waals surface area contributed by atoms with Gasteiger partial charge in [-0.2, -0.15) is 0 Å². The van der Waals surface area contributed by atoms with Gasteiger partial charge in [-0.25, -0.2) is 4.98 Å². The van der Waals surface area contributed by atoms with E-state index in [1.807, 2.05) is 130 Å². The van der Waals surface area contributed by atoms with Crippen molar-refractivity contribution in [2.24, 2.45) is 17.6 Å². The van der Waals surface area contributed by atoms with E-state index >= 15 is 0 Å². The maximum Gasteiger partial charge on any atom is 0.273 e. The molecule has 4 amide bonds. The van der Waals surface area contributed by atoms with Crippen LogP contribution in [0.4, 0.5) is 11.4 Å². The molecule has 2 aromatic heterocycles. The number of carbonyl (C=O) groups is 4. The fraction of sp³-hybridized carbons (Fsp3) is 0.265. The van der Waals surface area contributed by atoms with Crippen molar-refractivity contribution in [3.63, 3.8) is 0 Å². The fourth-order valence-electron chi connectivity index (χ4n) is 10.2. The quantitative estimate of drug-likeness (QED) is 0.144. The van der Waals surface area contributed by atoms with Crippen LogP contribution in [0.1, 0.15) is 66.2 Å². The van der Waals surface area contributed by atoms with Crippen molar-refractivity contribution in [2.75, 3.05) is 10.2 Å². The average molecular weight is 810 g/mol. The van der Waals surface area contributed by atoms with Crippen LogP contribution in [0.5, 0.6) is 0 Å². The molecule has 0 bridgehead atoms. The molecule has 0 spiro atoms. The Hall–Kier alpha value is -7.08. The number of oxazole rings is 1. The monoisotopic (exact) mass is 809 g/mol. The third-order valence-electron chi connectivity index (χ3n) is 13.2. The van der Waals surface area contributed by atoms with Crippen LogP contribution < -0.4 is 16.0 Å². The molecule has 61 heavy (non-hydrogen) atoms. The number of hydrogen-bond donors (Lipinski definition) is 2. The molecule has 2 saturated heterocycles. The van der Waals surface area contributed by atoms with E-state index in [0.29, 0.717) is 34.9 Å². The SMILES string of the molecule is NC(=O)C[C@@H]1C[C@@H]2C[C@@H]2N1C(=O)C1c2ccccc2C=CN1c1ccc(-c2ncc(-c3ccc(NC(=O)C[C@@H]4C[C@@H]5C[C@@H]5N4C(=O)c4nccc5ccccc45)cc3)o2)cc1. The molecule has 6 aromatic rings. The van der Waals surface area contributed by atoms with Crippen LogP contribution in [-0.4, -0.2) is 67.6 Å². The number of nitrogens with zero attached hydrogens (tertiary/aromatic N) is 5. The standard InChI is InChI=1S/C49H43N7O5/c50-43(57)25-36-21-32-24-41(32)56(36)49(60)46-39-8-4-2-6-29(39)18-20-54(46)35-15-11-31(12-16-35)47-52-27-42(61-47)30-9-13-34(14-10-30)53-44(58)26-37-22-33-23-40(33)55(37)48(59)45-38-7-3-1-5-28(38)17-19-51-45/h1-20,27,32-33,36-37,40-41,46H,21-26H2,(H2,50,57)(H,53,58)/t32-,33-,36+,37+,40+,41+,46?/m1/s1. The molecule has 5 heterocycles. The molecule has 4 fully saturated rings. The maximum atomic E-state index is 14.5. The Bertz CT molecular complexity index is 2760. The minimum Gasteiger partial charge on any atom is -0.436 e. The Morgan fingerprint density at radius 2 is 1.44 bits per heavy atom. The summed E-state index contributed by atoms with van der Waals surface area (Å²) in [5.41, 5.74) is 11.0. The van der Waals surface area contributed by atoms with Gasteiger partial charge in [-0.3, -0.25) is 24.2 Å². The van der Waals surface area contributed by atoms with Crippen LogP contribution in [0.15, 0.2) is 126 Å². The second-order valence-corrected chi connectivity index (χ2v) is 17.1. The predicted molar refractivity (Wildman–Crippen MR) is 230 cm³/mol. The van der Waals surface area contributed by atoms with Crippen LogP contribution >= 0.6 is 0 Å². The molecule has 11 rings (SSSR count). The molecule has 1 unspecified atom stereocenters. The van der Waals surface area contributed by atoms with Crippen LogP contribution in [0.25, 0.3) is 39.6 Å². The molecule has 0 radical (unpaired) electrons. The molecule has 5 aliphatic rings. The molecule has 3 N–H and O–H groups in total. The normalized spacial score (nSPS) is 24.3. The highest BCUT2D eigenvalue weighted by Crippen LogP contribution is 2.51. The first-order valence-corrected chi connectivity index (χ1v) is 21.1. The predicted octanol–water partition coefficient (Wildman–Crippen LogP) is 7.59. The van der Waals surface area contributed by atoms with Gasteiger partial charge in [-0.05, 0) is 115 Å². The van der Waals surface area contributed by atoms with Crippen LogP contribution in [0, 0.1) is 11.8 Å². The zero-order chi connectivity index (χ0) is 41.4. The van der Waals surface area contributed by atoms with Gasteiger partial charge in [-0.1, -0.05) is 48.5 Å². The Morgan fingerprint density at radius 1 is 0.738 bits per heavy atom. The van der Waals surface area contributed by atoms with Crippen molar-refractivity contribution < 1.29 is 23.6 Å². The number of pyridine rings is 1. The molecular weight excluding hydrogens is 767 g/mol. The second kappa shape index (κ2) is 14.6. The number of nitrogens with one attached hydrogen (secondary N) is 1. The number of likely N-dealkylation sites (tertiary alicyclic amines) is 2. The van der Waals surface area contributed by atoms with Gasteiger partial charge in [-0.15, -0.1) is 0 Å². The first-order chi connectivity index (χ1) is 29.8. The number of fused-ring (bicyclic) bond motifs is 4. The number of rotatable bonds is 10. The zero-order valence-electron chi connectivity index (χ0n) is 33.3. The minimum absolute atomic E-state index is 0.0150. The summed E-state index contributed by atoms with van der Waals surface area (Å²) in [4.78, 5) is 68.5. The van der Waals surface area contributed by atoms with Crippen molar-refractivity contribution in [3.05, 3.63) is 139 Å². The van der Waals surface area contributed by atoms with Crippen molar-refractivity contribution in [3.8, 4) is 22.8 Å². The van der Waals surface area contributed by atoms with Gasteiger partial charge in [0.05, 0.1) is 6.20 Å². The Morgan fingerprint density at radius 3 is 2.23 bits per heavy atom. The molecule has 12 heteroatoms. The van der Waals surface area contributed by atoms with Gasteiger partial charge in [0.2, 0.25) is 17.7 Å². The average Bonchev–Trinajstić information content (AvgIpc) is 4.05. The first kappa shape index (κ1) is 37.0. The number of benzene rings is 4. The molecule has 4 aromatic carbocycles. The highest BCUT2D eigenvalue weighted by molar-refractivity contribution is 6.06. The largest absolute Gasteiger partial charge is 0.436 e. The molecule has 2 saturated carbocycles. The van der Waals surface area contributed by atoms with Gasteiger partial charge in [0.1, 0.15) is 11.7 Å². The number of amides is 4. The zero-order valence-corrected chi connectivity index (χ0v) is 33.3. The summed E-state index contributed by atoms with van der Waals surface area (Å²) in [6.07, 6.45) is 11.3. The smallest absolute Gasteiger partial charge is 0.273 e. The van der Waals surface area contributed by atoms with E-state index in [1.54, 1.807) is 12.4 Å². The highest BCUT2D eigenvalue weighted by atomic mass is 16.4. The molecule has 7 atom stereocenters. The lowest BCUT2D eigenvalue weighted by molar-refractivity contribution is -0.135. The number of nitrogens with two attached hydrogens (primary N) is 1. The van der Waals surface area contributed by atoms with Crippen LogP contribution in [0.2, 0.25) is 0 Å². The van der Waals surface area contributed by atoms with E-state index < -0.39 is 6.04 Å². The van der Waals surface area contributed by atoms with E-state index in [0.717, 1.165) is 64.4 Å². The van der Waals surface area contributed by atoms with Crippen molar-refractivity contribution in [1.82, 2.24) is 19.8 Å². The van der Waals surface area contributed by atoms with Gasteiger partial charge in [0.25, 0.3) is 11.8 Å². The fourth-order valence-corrected chi connectivity index (χ4v) is 10.2. The van der Waals surface area contributed by atoms with Gasteiger partial charge in [0, 0.05) is 77.3 Å². The Labute approximate surface area is 352 Å². The minimum atomic E-state index is -0.590. The van der Waals surface area contributed by atoms with Crippen molar-refractivity contribution >= 4 is 51.9 Å². The summed E-state index contributed by atoms with van der Waals surface area (Å²) < 4.78 is 6.23. The van der Waals surface area contributed by atoms with Gasteiger partial charge in [0.15, 0.2) is 5.76 Å². The lowest BCUT2D eigenvalue weighted by Gasteiger charge is -2.38. The molecule has 12 nitrogen and oxygen atoms in total. The number of anilines is 2. The lowest BCUT2D eigenvalue weighted by atomic mass is 9.93.